The molecule has 0 radical (unpaired) electrons. The molecule has 1 amide bonds. The number of amides is 1. The van der Waals surface area contributed by atoms with Crippen molar-refractivity contribution < 1.29 is 13.2 Å². The molecule has 32 heavy (non-hydrogen) atoms. The maximum atomic E-state index is 13.8. The molecule has 0 fully saturated rings. The molecule has 7 nitrogen and oxygen atoms in total. The third kappa shape index (κ3) is 4.70. The standard InChI is InChI=1S/C24H30N4O3S/c1-15-10-16(2)12-22(11-15)28(32(30,31)24-19(5)26-27(7)20(24)6)14-23(29)25-21-9-8-17(3)18(4)13-21/h8-13H,14H2,1-7H3,(H,25,29). The average molecular weight is 455 g/mol. The van der Waals surface area contributed by atoms with Crippen LogP contribution in [-0.2, 0) is 21.9 Å². The summed E-state index contributed by atoms with van der Waals surface area (Å²) in [5.41, 5.74) is 5.97. The lowest BCUT2D eigenvalue weighted by molar-refractivity contribution is -0.114. The van der Waals surface area contributed by atoms with Crippen LogP contribution in [0.4, 0.5) is 11.4 Å². The summed E-state index contributed by atoms with van der Waals surface area (Å²) in [4.78, 5) is 13.1. The molecule has 1 N–H and O–H groups in total. The van der Waals surface area contributed by atoms with Gasteiger partial charge in [-0.1, -0.05) is 12.1 Å². The van der Waals surface area contributed by atoms with Gasteiger partial charge in [-0.3, -0.25) is 13.8 Å². The van der Waals surface area contributed by atoms with E-state index < -0.39 is 15.9 Å². The zero-order valence-corrected chi connectivity index (χ0v) is 20.5. The first-order valence-corrected chi connectivity index (χ1v) is 11.8. The first kappa shape index (κ1) is 23.5. The van der Waals surface area contributed by atoms with Gasteiger partial charge in [0.1, 0.15) is 11.4 Å². The number of nitrogens with one attached hydrogen (secondary N) is 1. The Kier molecular flexibility index (Phi) is 6.46. The van der Waals surface area contributed by atoms with E-state index in [0.717, 1.165) is 22.3 Å². The highest BCUT2D eigenvalue weighted by Crippen LogP contribution is 2.29. The van der Waals surface area contributed by atoms with E-state index in [2.05, 4.69) is 10.4 Å². The molecule has 0 saturated carbocycles. The molecule has 0 aliphatic carbocycles. The number of sulfonamides is 1. The molecule has 3 rings (SSSR count). The highest BCUT2D eigenvalue weighted by Gasteiger charge is 2.32. The van der Waals surface area contributed by atoms with Gasteiger partial charge in [0.25, 0.3) is 10.0 Å². The van der Waals surface area contributed by atoms with Crippen LogP contribution in [0.15, 0.2) is 41.3 Å². The maximum Gasteiger partial charge on any atom is 0.268 e. The first-order chi connectivity index (χ1) is 14.9. The molecule has 0 atom stereocenters. The number of anilines is 2. The SMILES string of the molecule is Cc1cc(C)cc(N(CC(=O)Nc2ccc(C)c(C)c2)S(=O)(=O)c2c(C)nn(C)c2C)c1. The minimum atomic E-state index is -4.04. The zero-order chi connectivity index (χ0) is 23.8. The Balaban J connectivity index is 2.04. The van der Waals surface area contributed by atoms with Crippen molar-refractivity contribution in [2.75, 3.05) is 16.2 Å². The summed E-state index contributed by atoms with van der Waals surface area (Å²) in [6, 6.07) is 11.1. The van der Waals surface area contributed by atoms with Crippen LogP contribution < -0.4 is 9.62 Å². The van der Waals surface area contributed by atoms with E-state index in [1.165, 1.54) is 8.99 Å². The fraction of sp³-hybridized carbons (Fsp3) is 0.333. The van der Waals surface area contributed by atoms with Crippen LogP contribution in [0.1, 0.15) is 33.6 Å². The maximum absolute atomic E-state index is 13.8. The van der Waals surface area contributed by atoms with Gasteiger partial charge in [-0.15, -0.1) is 0 Å². The van der Waals surface area contributed by atoms with Gasteiger partial charge in [-0.25, -0.2) is 8.42 Å². The molecule has 2 aromatic carbocycles. The average Bonchev–Trinajstić information content (AvgIpc) is 2.94. The third-order valence-electron chi connectivity index (χ3n) is 5.56. The van der Waals surface area contributed by atoms with Crippen molar-refractivity contribution in [2.45, 2.75) is 46.4 Å². The van der Waals surface area contributed by atoms with E-state index in [1.54, 1.807) is 33.0 Å². The number of aryl methyl sites for hydroxylation is 6. The third-order valence-corrected chi connectivity index (χ3v) is 7.59. The predicted molar refractivity (Wildman–Crippen MR) is 128 cm³/mol. The highest BCUT2D eigenvalue weighted by atomic mass is 32.2. The number of rotatable bonds is 6. The molecule has 0 spiro atoms. The van der Waals surface area contributed by atoms with Crippen LogP contribution in [-0.4, -0.2) is 30.7 Å². The zero-order valence-electron chi connectivity index (χ0n) is 19.6. The molecule has 3 aromatic rings. The Bertz CT molecular complexity index is 1270. The minimum Gasteiger partial charge on any atom is -0.325 e. The number of aromatic nitrogens is 2. The Hall–Kier alpha value is -3.13. The predicted octanol–water partition coefficient (Wildman–Crippen LogP) is 4.10. The largest absolute Gasteiger partial charge is 0.325 e. The van der Waals surface area contributed by atoms with Crippen LogP contribution in [0.2, 0.25) is 0 Å². The summed E-state index contributed by atoms with van der Waals surface area (Å²) in [6.07, 6.45) is 0. The lowest BCUT2D eigenvalue weighted by Gasteiger charge is -2.25. The summed E-state index contributed by atoms with van der Waals surface area (Å²) in [6.45, 7) is 10.8. The van der Waals surface area contributed by atoms with E-state index in [1.807, 2.05) is 52.0 Å². The molecule has 0 bridgehead atoms. The quantitative estimate of drug-likeness (QED) is 0.608. The summed E-state index contributed by atoms with van der Waals surface area (Å²) in [5, 5.41) is 7.09. The van der Waals surface area contributed by atoms with Crippen molar-refractivity contribution in [1.29, 1.82) is 0 Å². The molecular weight excluding hydrogens is 424 g/mol. The van der Waals surface area contributed by atoms with E-state index in [9.17, 15) is 13.2 Å². The fourth-order valence-corrected chi connectivity index (χ4v) is 5.61. The molecule has 170 valence electrons. The molecule has 0 unspecified atom stereocenters. The molecule has 1 aromatic heterocycles. The van der Waals surface area contributed by atoms with Gasteiger partial charge in [0.15, 0.2) is 0 Å². The Morgan fingerprint density at radius 1 is 0.969 bits per heavy atom. The van der Waals surface area contributed by atoms with Gasteiger partial charge in [0.05, 0.1) is 17.1 Å². The number of benzene rings is 2. The first-order valence-electron chi connectivity index (χ1n) is 10.4. The van der Waals surface area contributed by atoms with E-state index in [0.29, 0.717) is 22.8 Å². The minimum absolute atomic E-state index is 0.123. The number of hydrogen-bond donors (Lipinski definition) is 1. The van der Waals surface area contributed by atoms with Gasteiger partial charge in [-0.2, -0.15) is 5.10 Å². The van der Waals surface area contributed by atoms with Crippen LogP contribution in [0.5, 0.6) is 0 Å². The normalized spacial score (nSPS) is 11.5. The van der Waals surface area contributed by atoms with Crippen molar-refractivity contribution >= 4 is 27.3 Å². The fourth-order valence-electron chi connectivity index (χ4n) is 3.80. The van der Waals surface area contributed by atoms with Crippen molar-refractivity contribution in [1.82, 2.24) is 9.78 Å². The van der Waals surface area contributed by atoms with Crippen LogP contribution in [0, 0.1) is 41.5 Å². The van der Waals surface area contributed by atoms with Gasteiger partial charge < -0.3 is 5.32 Å². The van der Waals surface area contributed by atoms with E-state index >= 15 is 0 Å². The second-order valence-electron chi connectivity index (χ2n) is 8.33. The van der Waals surface area contributed by atoms with Crippen molar-refractivity contribution in [2.24, 2.45) is 7.05 Å². The Morgan fingerprint density at radius 3 is 2.12 bits per heavy atom. The van der Waals surface area contributed by atoms with Crippen LogP contribution in [0.3, 0.4) is 0 Å². The lowest BCUT2D eigenvalue weighted by Crippen LogP contribution is -2.38. The Morgan fingerprint density at radius 2 is 1.59 bits per heavy atom. The monoisotopic (exact) mass is 454 g/mol. The van der Waals surface area contributed by atoms with Gasteiger partial charge in [-0.05, 0) is 88.1 Å². The van der Waals surface area contributed by atoms with Gasteiger partial charge in [0.2, 0.25) is 5.91 Å². The van der Waals surface area contributed by atoms with Crippen molar-refractivity contribution in [3.63, 3.8) is 0 Å². The molecular formula is C24H30N4O3S. The topological polar surface area (TPSA) is 84.3 Å². The van der Waals surface area contributed by atoms with Crippen LogP contribution in [0.25, 0.3) is 0 Å². The number of carbonyl (C=O) groups excluding carboxylic acids is 1. The number of hydrogen-bond acceptors (Lipinski definition) is 4. The van der Waals surface area contributed by atoms with Crippen molar-refractivity contribution in [3.05, 3.63) is 70.0 Å². The highest BCUT2D eigenvalue weighted by molar-refractivity contribution is 7.93. The summed E-state index contributed by atoms with van der Waals surface area (Å²) >= 11 is 0. The van der Waals surface area contributed by atoms with Gasteiger partial charge in [0, 0.05) is 12.7 Å². The lowest BCUT2D eigenvalue weighted by atomic mass is 10.1. The Labute approximate surface area is 190 Å². The molecule has 0 saturated heterocycles. The number of carbonyl (C=O) groups is 1. The second kappa shape index (κ2) is 8.78. The molecule has 1 heterocycles. The number of nitrogens with zero attached hydrogens (tertiary/aromatic N) is 3. The van der Waals surface area contributed by atoms with Crippen LogP contribution >= 0.6 is 0 Å². The summed E-state index contributed by atoms with van der Waals surface area (Å²) in [5.74, 6) is -0.421. The molecule has 0 aliphatic heterocycles. The second-order valence-corrected chi connectivity index (χ2v) is 10.1. The van der Waals surface area contributed by atoms with Gasteiger partial charge >= 0.3 is 0 Å². The smallest absolute Gasteiger partial charge is 0.268 e. The summed E-state index contributed by atoms with van der Waals surface area (Å²) in [7, 11) is -2.34. The molecule has 8 heteroatoms. The van der Waals surface area contributed by atoms with E-state index in [4.69, 9.17) is 0 Å². The van der Waals surface area contributed by atoms with E-state index in [-0.39, 0.29) is 11.4 Å². The summed E-state index contributed by atoms with van der Waals surface area (Å²) < 4.78 is 30.3. The molecule has 0 aliphatic rings. The van der Waals surface area contributed by atoms with Crippen molar-refractivity contribution in [3.8, 4) is 0 Å².